The summed E-state index contributed by atoms with van der Waals surface area (Å²) >= 11 is 0. The summed E-state index contributed by atoms with van der Waals surface area (Å²) in [5.74, 6) is 0.528. The van der Waals surface area contributed by atoms with Crippen LogP contribution in [0.25, 0.3) is 0 Å². The Morgan fingerprint density at radius 1 is 1.38 bits per heavy atom. The molecule has 6 heteroatoms. The van der Waals surface area contributed by atoms with Crippen LogP contribution in [0.4, 0.5) is 5.95 Å². The van der Waals surface area contributed by atoms with Crippen LogP contribution in [0.2, 0.25) is 0 Å². The normalized spacial score (nSPS) is 10.5. The molecule has 0 radical (unpaired) electrons. The number of nitrogens with two attached hydrogens (primary N) is 1. The molecule has 2 heterocycles. The lowest BCUT2D eigenvalue weighted by molar-refractivity contribution is 0.536. The number of imidazole rings is 1. The summed E-state index contributed by atoms with van der Waals surface area (Å²) in [5.41, 5.74) is 5.59. The van der Waals surface area contributed by atoms with Crippen molar-refractivity contribution >= 4 is 5.95 Å². The van der Waals surface area contributed by atoms with E-state index in [9.17, 15) is 0 Å². The average Bonchev–Trinajstić information content (AvgIpc) is 2.72. The fourth-order valence-corrected chi connectivity index (χ4v) is 1.09. The first-order valence-electron chi connectivity index (χ1n) is 3.95. The molecule has 13 heavy (non-hydrogen) atoms. The molecule has 0 aliphatic rings. The van der Waals surface area contributed by atoms with Crippen LogP contribution in [-0.2, 0) is 13.1 Å². The molecule has 68 valence electrons. The first kappa shape index (κ1) is 7.78. The summed E-state index contributed by atoms with van der Waals surface area (Å²) in [7, 11) is 0. The van der Waals surface area contributed by atoms with Crippen LogP contribution in [0.1, 0.15) is 0 Å². The van der Waals surface area contributed by atoms with Gasteiger partial charge in [0, 0.05) is 18.9 Å². The van der Waals surface area contributed by atoms with Crippen molar-refractivity contribution in [1.82, 2.24) is 24.3 Å². The number of aromatic nitrogens is 5. The van der Waals surface area contributed by atoms with Crippen molar-refractivity contribution in [3.8, 4) is 0 Å². The Morgan fingerprint density at radius 3 is 2.92 bits per heavy atom. The maximum atomic E-state index is 5.59. The Bertz CT molecular complexity index is 362. The first-order chi connectivity index (χ1) is 6.36. The molecule has 6 nitrogen and oxygen atoms in total. The molecule has 0 bridgehead atoms. The molecule has 0 aliphatic heterocycles. The van der Waals surface area contributed by atoms with Gasteiger partial charge >= 0.3 is 0 Å². The van der Waals surface area contributed by atoms with Crippen LogP contribution in [0, 0.1) is 0 Å². The van der Waals surface area contributed by atoms with Crippen molar-refractivity contribution in [2.24, 2.45) is 0 Å². The summed E-state index contributed by atoms with van der Waals surface area (Å²) in [5, 5.41) is 3.98. The molecule has 0 spiro atoms. The number of hydrogen-bond donors (Lipinski definition) is 1. The lowest BCUT2D eigenvalue weighted by atomic mass is 10.6. The molecular formula is C7H10N6. The SMILES string of the molecule is Nc1nccn1CCn1cncn1. The van der Waals surface area contributed by atoms with Crippen LogP contribution < -0.4 is 5.73 Å². The van der Waals surface area contributed by atoms with Gasteiger partial charge in [-0.3, -0.25) is 4.68 Å². The van der Waals surface area contributed by atoms with Crippen molar-refractivity contribution in [2.75, 3.05) is 5.73 Å². The molecule has 2 aromatic heterocycles. The van der Waals surface area contributed by atoms with Gasteiger partial charge in [0.15, 0.2) is 5.95 Å². The van der Waals surface area contributed by atoms with E-state index in [-0.39, 0.29) is 0 Å². The van der Waals surface area contributed by atoms with E-state index >= 15 is 0 Å². The fraction of sp³-hybridized carbons (Fsp3) is 0.286. The topological polar surface area (TPSA) is 74.5 Å². The molecule has 0 saturated carbocycles. The van der Waals surface area contributed by atoms with Gasteiger partial charge in [0.1, 0.15) is 12.7 Å². The molecule has 0 saturated heterocycles. The second-order valence-corrected chi connectivity index (χ2v) is 2.64. The molecular weight excluding hydrogens is 168 g/mol. The summed E-state index contributed by atoms with van der Waals surface area (Å²) in [6.45, 7) is 1.51. The highest BCUT2D eigenvalue weighted by molar-refractivity contribution is 5.16. The van der Waals surface area contributed by atoms with Crippen molar-refractivity contribution in [1.29, 1.82) is 0 Å². The zero-order valence-electron chi connectivity index (χ0n) is 7.04. The number of rotatable bonds is 3. The van der Waals surface area contributed by atoms with Crippen molar-refractivity contribution in [2.45, 2.75) is 13.1 Å². The highest BCUT2D eigenvalue weighted by Gasteiger charge is 1.97. The molecule has 0 amide bonds. The monoisotopic (exact) mass is 178 g/mol. The van der Waals surface area contributed by atoms with Crippen LogP contribution in [-0.4, -0.2) is 24.3 Å². The number of anilines is 1. The van der Waals surface area contributed by atoms with Gasteiger partial charge in [0.05, 0.1) is 6.54 Å². The Balaban J connectivity index is 1.97. The third-order valence-corrected chi connectivity index (χ3v) is 1.78. The highest BCUT2D eigenvalue weighted by atomic mass is 15.3. The van der Waals surface area contributed by atoms with E-state index in [1.807, 2.05) is 10.8 Å². The smallest absolute Gasteiger partial charge is 0.200 e. The van der Waals surface area contributed by atoms with Gasteiger partial charge in [0.2, 0.25) is 0 Å². The minimum atomic E-state index is 0.528. The van der Waals surface area contributed by atoms with Gasteiger partial charge in [0.25, 0.3) is 0 Å². The van der Waals surface area contributed by atoms with Crippen LogP contribution in [0.5, 0.6) is 0 Å². The lowest BCUT2D eigenvalue weighted by Crippen LogP contribution is -2.09. The molecule has 0 unspecified atom stereocenters. The van der Waals surface area contributed by atoms with Gasteiger partial charge in [-0.1, -0.05) is 0 Å². The number of nitrogens with zero attached hydrogens (tertiary/aromatic N) is 5. The van der Waals surface area contributed by atoms with E-state index in [4.69, 9.17) is 5.73 Å². The third-order valence-electron chi connectivity index (χ3n) is 1.78. The van der Waals surface area contributed by atoms with Crippen molar-refractivity contribution < 1.29 is 0 Å². The Morgan fingerprint density at radius 2 is 2.31 bits per heavy atom. The summed E-state index contributed by atoms with van der Waals surface area (Å²) in [4.78, 5) is 7.75. The van der Waals surface area contributed by atoms with Crippen LogP contribution in [0.15, 0.2) is 25.0 Å². The van der Waals surface area contributed by atoms with E-state index in [0.29, 0.717) is 5.95 Å². The van der Waals surface area contributed by atoms with E-state index in [1.54, 1.807) is 17.2 Å². The summed E-state index contributed by atoms with van der Waals surface area (Å²) in [6, 6.07) is 0. The predicted molar refractivity (Wildman–Crippen MR) is 46.7 cm³/mol. The van der Waals surface area contributed by atoms with Gasteiger partial charge in [-0.05, 0) is 0 Å². The van der Waals surface area contributed by atoms with Gasteiger partial charge in [-0.2, -0.15) is 5.10 Å². The first-order valence-corrected chi connectivity index (χ1v) is 3.95. The zero-order chi connectivity index (χ0) is 9.10. The van der Waals surface area contributed by atoms with Crippen molar-refractivity contribution in [3.63, 3.8) is 0 Å². The quantitative estimate of drug-likeness (QED) is 0.703. The maximum Gasteiger partial charge on any atom is 0.200 e. The van der Waals surface area contributed by atoms with E-state index < -0.39 is 0 Å². The number of nitrogen functional groups attached to an aromatic ring is 1. The van der Waals surface area contributed by atoms with E-state index in [2.05, 4.69) is 15.1 Å². The van der Waals surface area contributed by atoms with Crippen LogP contribution in [0.3, 0.4) is 0 Å². The Labute approximate surface area is 75.0 Å². The molecule has 0 fully saturated rings. The summed E-state index contributed by atoms with van der Waals surface area (Å²) in [6.07, 6.45) is 6.70. The third kappa shape index (κ3) is 1.66. The second-order valence-electron chi connectivity index (χ2n) is 2.64. The van der Waals surface area contributed by atoms with Gasteiger partial charge in [-0.25, -0.2) is 9.97 Å². The average molecular weight is 178 g/mol. The lowest BCUT2D eigenvalue weighted by Gasteiger charge is -2.03. The van der Waals surface area contributed by atoms with Gasteiger partial charge < -0.3 is 10.3 Å². The molecule has 0 atom stereocenters. The van der Waals surface area contributed by atoms with Crippen LogP contribution >= 0.6 is 0 Å². The standard InChI is InChI=1S/C7H10N6/c8-7-10-1-2-12(7)3-4-13-6-9-5-11-13/h1-2,5-6H,3-4H2,(H2,8,10). The fourth-order valence-electron chi connectivity index (χ4n) is 1.09. The largest absolute Gasteiger partial charge is 0.369 e. The predicted octanol–water partition coefficient (Wildman–Crippen LogP) is -0.243. The number of aryl methyl sites for hydroxylation is 2. The molecule has 2 rings (SSSR count). The molecule has 0 aromatic carbocycles. The van der Waals surface area contributed by atoms with Gasteiger partial charge in [-0.15, -0.1) is 0 Å². The minimum Gasteiger partial charge on any atom is -0.369 e. The number of hydrogen-bond acceptors (Lipinski definition) is 4. The van der Waals surface area contributed by atoms with Crippen molar-refractivity contribution in [3.05, 3.63) is 25.0 Å². The summed E-state index contributed by atoms with van der Waals surface area (Å²) < 4.78 is 3.61. The molecule has 2 aromatic rings. The molecule has 0 aliphatic carbocycles. The highest BCUT2D eigenvalue weighted by Crippen LogP contribution is 1.98. The van der Waals surface area contributed by atoms with E-state index in [1.165, 1.54) is 6.33 Å². The minimum absolute atomic E-state index is 0.528. The van der Waals surface area contributed by atoms with E-state index in [0.717, 1.165) is 13.1 Å². The Hall–Kier alpha value is -1.85. The zero-order valence-corrected chi connectivity index (χ0v) is 7.04. The maximum absolute atomic E-state index is 5.59. The second kappa shape index (κ2) is 3.26. The Kier molecular flexibility index (Phi) is 1.95. The molecule has 2 N–H and O–H groups in total.